The van der Waals surface area contributed by atoms with Crippen molar-refractivity contribution < 1.29 is 17.9 Å². The van der Waals surface area contributed by atoms with E-state index in [0.717, 1.165) is 12.0 Å². The summed E-state index contributed by atoms with van der Waals surface area (Å²) in [4.78, 5) is 0. The van der Waals surface area contributed by atoms with Gasteiger partial charge in [0.05, 0.1) is 20.0 Å². The zero-order chi connectivity index (χ0) is 15.5. The van der Waals surface area contributed by atoms with E-state index < -0.39 is 9.84 Å². The molecule has 0 amide bonds. The Bertz CT molecular complexity index is 625. The molecule has 0 bridgehead atoms. The lowest BCUT2D eigenvalue weighted by atomic mass is 10.0. The third-order valence-electron chi connectivity index (χ3n) is 3.56. The summed E-state index contributed by atoms with van der Waals surface area (Å²) in [7, 11) is 0.155. The molecule has 0 aliphatic carbocycles. The minimum atomic E-state index is -3.04. The number of hydrogen-bond acceptors (Lipinski definition) is 5. The van der Waals surface area contributed by atoms with E-state index in [4.69, 9.17) is 9.47 Å². The Morgan fingerprint density at radius 1 is 1.29 bits per heavy atom. The van der Waals surface area contributed by atoms with Crippen LogP contribution in [0.4, 0.5) is 0 Å². The number of rotatable bonds is 6. The van der Waals surface area contributed by atoms with Gasteiger partial charge in [0.25, 0.3) is 0 Å². The van der Waals surface area contributed by atoms with Crippen LogP contribution >= 0.6 is 0 Å². The Morgan fingerprint density at radius 3 is 2.52 bits per heavy atom. The molecule has 1 aromatic rings. The van der Waals surface area contributed by atoms with Gasteiger partial charge in [-0.15, -0.1) is 0 Å². The van der Waals surface area contributed by atoms with E-state index in [2.05, 4.69) is 12.2 Å². The van der Waals surface area contributed by atoms with Gasteiger partial charge in [-0.2, -0.15) is 0 Å². The van der Waals surface area contributed by atoms with Crippen LogP contribution < -0.4 is 14.8 Å². The minimum absolute atomic E-state index is 0.0627. The SMILES string of the molecule is CCC(NC1C=CS(=O)(=O)C1)c1ccc(OC)c(OC)c1. The smallest absolute Gasteiger partial charge is 0.173 e. The molecule has 2 rings (SSSR count). The molecule has 1 aliphatic rings. The molecule has 1 N–H and O–H groups in total. The van der Waals surface area contributed by atoms with Gasteiger partial charge >= 0.3 is 0 Å². The van der Waals surface area contributed by atoms with Crippen molar-refractivity contribution in [3.05, 3.63) is 35.2 Å². The van der Waals surface area contributed by atoms with Gasteiger partial charge in [0.15, 0.2) is 21.3 Å². The van der Waals surface area contributed by atoms with Crippen molar-refractivity contribution >= 4 is 9.84 Å². The number of benzene rings is 1. The van der Waals surface area contributed by atoms with E-state index in [1.807, 2.05) is 18.2 Å². The minimum Gasteiger partial charge on any atom is -0.493 e. The molecule has 21 heavy (non-hydrogen) atoms. The van der Waals surface area contributed by atoms with Gasteiger partial charge in [-0.3, -0.25) is 0 Å². The van der Waals surface area contributed by atoms with Gasteiger partial charge in [-0.25, -0.2) is 8.42 Å². The van der Waals surface area contributed by atoms with E-state index in [9.17, 15) is 8.42 Å². The van der Waals surface area contributed by atoms with Gasteiger partial charge in [0.2, 0.25) is 0 Å². The molecule has 1 heterocycles. The second-order valence-corrected chi connectivity index (χ2v) is 6.94. The lowest BCUT2D eigenvalue weighted by Gasteiger charge is -2.22. The summed E-state index contributed by atoms with van der Waals surface area (Å²) in [6, 6.07) is 5.67. The lowest BCUT2D eigenvalue weighted by Crippen LogP contribution is -2.33. The fourth-order valence-corrected chi connectivity index (χ4v) is 3.71. The maximum absolute atomic E-state index is 11.5. The van der Waals surface area contributed by atoms with E-state index in [-0.39, 0.29) is 17.8 Å². The first-order valence-corrected chi connectivity index (χ1v) is 8.59. The van der Waals surface area contributed by atoms with Crippen molar-refractivity contribution in [2.24, 2.45) is 0 Å². The number of sulfone groups is 1. The molecule has 6 heteroatoms. The topological polar surface area (TPSA) is 64.6 Å². The molecule has 0 saturated heterocycles. The summed E-state index contributed by atoms with van der Waals surface area (Å²) in [5, 5.41) is 4.65. The third-order valence-corrected chi connectivity index (χ3v) is 4.96. The first kappa shape index (κ1) is 15.9. The van der Waals surface area contributed by atoms with Crippen molar-refractivity contribution in [3.63, 3.8) is 0 Å². The Kier molecular flexibility index (Phi) is 4.90. The quantitative estimate of drug-likeness (QED) is 0.871. The maximum atomic E-state index is 11.5. The van der Waals surface area contributed by atoms with E-state index >= 15 is 0 Å². The number of methoxy groups -OCH3 is 2. The monoisotopic (exact) mass is 311 g/mol. The first-order chi connectivity index (χ1) is 9.99. The van der Waals surface area contributed by atoms with Crippen LogP contribution in [-0.4, -0.2) is 34.4 Å². The molecule has 116 valence electrons. The van der Waals surface area contributed by atoms with Crippen LogP contribution in [0.3, 0.4) is 0 Å². The molecular formula is C15H21NO4S. The molecule has 0 aromatic heterocycles. The van der Waals surface area contributed by atoms with Gasteiger partial charge in [-0.1, -0.05) is 19.1 Å². The molecule has 5 nitrogen and oxygen atoms in total. The molecule has 1 aromatic carbocycles. The fourth-order valence-electron chi connectivity index (χ4n) is 2.46. The van der Waals surface area contributed by atoms with E-state index in [1.165, 1.54) is 5.41 Å². The predicted molar refractivity (Wildman–Crippen MR) is 82.4 cm³/mol. The van der Waals surface area contributed by atoms with Crippen LogP contribution in [0.5, 0.6) is 11.5 Å². The standard InChI is InChI=1S/C15H21NO4S/c1-4-13(16-12-7-8-21(17,18)10-12)11-5-6-14(19-2)15(9-11)20-3/h5-9,12-13,16H,4,10H2,1-3H3. The second kappa shape index (κ2) is 6.49. The molecule has 2 unspecified atom stereocenters. The van der Waals surface area contributed by atoms with Crippen LogP contribution in [-0.2, 0) is 9.84 Å². The predicted octanol–water partition coefficient (Wildman–Crippen LogP) is 2.06. The molecule has 0 spiro atoms. The van der Waals surface area contributed by atoms with Gasteiger partial charge < -0.3 is 14.8 Å². The molecule has 0 saturated carbocycles. The number of hydrogen-bond donors (Lipinski definition) is 1. The highest BCUT2D eigenvalue weighted by Crippen LogP contribution is 2.31. The summed E-state index contributed by atoms with van der Waals surface area (Å²) in [6.07, 6.45) is 2.55. The van der Waals surface area contributed by atoms with Gasteiger partial charge in [0.1, 0.15) is 0 Å². The summed E-state index contributed by atoms with van der Waals surface area (Å²) < 4.78 is 33.5. The zero-order valence-electron chi connectivity index (χ0n) is 12.5. The van der Waals surface area contributed by atoms with Crippen LogP contribution in [0.25, 0.3) is 0 Å². The molecule has 1 aliphatic heterocycles. The molecule has 0 radical (unpaired) electrons. The average molecular weight is 311 g/mol. The first-order valence-electron chi connectivity index (χ1n) is 6.88. The van der Waals surface area contributed by atoms with Gasteiger partial charge in [-0.05, 0) is 24.1 Å². The maximum Gasteiger partial charge on any atom is 0.173 e. The van der Waals surface area contributed by atoms with E-state index in [1.54, 1.807) is 20.3 Å². The third kappa shape index (κ3) is 3.77. The molecule has 2 atom stereocenters. The summed E-state index contributed by atoms with van der Waals surface area (Å²) in [5.74, 6) is 1.47. The summed E-state index contributed by atoms with van der Waals surface area (Å²) in [6.45, 7) is 2.06. The highest BCUT2D eigenvalue weighted by molar-refractivity contribution is 7.94. The Balaban J connectivity index is 2.16. The highest BCUT2D eigenvalue weighted by Gasteiger charge is 2.24. The van der Waals surface area contributed by atoms with Crippen LogP contribution in [0.1, 0.15) is 24.9 Å². The van der Waals surface area contributed by atoms with Crippen LogP contribution in [0.15, 0.2) is 29.7 Å². The normalized spacial score (nSPS) is 21.2. The number of ether oxygens (including phenoxy) is 2. The van der Waals surface area contributed by atoms with Crippen molar-refractivity contribution in [3.8, 4) is 11.5 Å². The second-order valence-electron chi connectivity index (χ2n) is 5.01. The Morgan fingerprint density at radius 2 is 2.00 bits per heavy atom. The Hall–Kier alpha value is -1.53. The van der Waals surface area contributed by atoms with E-state index in [0.29, 0.717) is 11.5 Å². The summed E-state index contributed by atoms with van der Waals surface area (Å²) >= 11 is 0. The van der Waals surface area contributed by atoms with Crippen LogP contribution in [0.2, 0.25) is 0 Å². The van der Waals surface area contributed by atoms with Gasteiger partial charge in [0, 0.05) is 17.5 Å². The van der Waals surface area contributed by atoms with Crippen molar-refractivity contribution in [2.75, 3.05) is 20.0 Å². The van der Waals surface area contributed by atoms with Crippen LogP contribution in [0, 0.1) is 0 Å². The zero-order valence-corrected chi connectivity index (χ0v) is 13.3. The van der Waals surface area contributed by atoms with Crippen molar-refractivity contribution in [1.82, 2.24) is 5.32 Å². The Labute approximate surface area is 125 Å². The number of nitrogens with one attached hydrogen (secondary N) is 1. The molecular weight excluding hydrogens is 290 g/mol. The highest BCUT2D eigenvalue weighted by atomic mass is 32.2. The molecule has 0 fully saturated rings. The summed E-state index contributed by atoms with van der Waals surface area (Å²) in [5.41, 5.74) is 1.05. The fraction of sp³-hybridized carbons (Fsp3) is 0.467. The largest absolute Gasteiger partial charge is 0.493 e. The lowest BCUT2D eigenvalue weighted by molar-refractivity contribution is 0.353. The van der Waals surface area contributed by atoms with Crippen molar-refractivity contribution in [1.29, 1.82) is 0 Å². The van der Waals surface area contributed by atoms with Crippen molar-refractivity contribution in [2.45, 2.75) is 25.4 Å². The average Bonchev–Trinajstić information content (AvgIpc) is 2.83.